The Kier molecular flexibility index (Phi) is 2.69. The molecule has 0 aliphatic heterocycles. The highest BCUT2D eigenvalue weighted by atomic mass is 14.9. The maximum Gasteiger partial charge on any atom is 0.0485 e. The quantitative estimate of drug-likeness (QED) is 0.803. The van der Waals surface area contributed by atoms with Gasteiger partial charge in [-0.25, -0.2) is 0 Å². The number of hydrogen-bond acceptors (Lipinski definition) is 1. The van der Waals surface area contributed by atoms with Gasteiger partial charge >= 0.3 is 0 Å². The molecule has 16 heavy (non-hydrogen) atoms. The topological polar surface area (TPSA) is 12.0 Å². The van der Waals surface area contributed by atoms with Gasteiger partial charge in [-0.3, -0.25) is 0 Å². The van der Waals surface area contributed by atoms with Crippen LogP contribution in [0, 0.1) is 0 Å². The van der Waals surface area contributed by atoms with Crippen molar-refractivity contribution in [1.29, 1.82) is 0 Å². The Bertz CT molecular complexity index is 465. The number of hydrogen-bond donors (Lipinski definition) is 1. The molecule has 1 aromatic rings. The Labute approximate surface area is 97.2 Å². The van der Waals surface area contributed by atoms with Gasteiger partial charge < -0.3 is 5.32 Å². The lowest BCUT2D eigenvalue weighted by Gasteiger charge is -2.30. The molecule has 1 N–H and O–H groups in total. The van der Waals surface area contributed by atoms with E-state index in [2.05, 4.69) is 56.6 Å². The summed E-state index contributed by atoms with van der Waals surface area (Å²) in [6, 6.07) is 10.7. The third-order valence-electron chi connectivity index (χ3n) is 3.15. The maximum absolute atomic E-state index is 4.00. The van der Waals surface area contributed by atoms with Gasteiger partial charge in [-0.15, -0.1) is 0 Å². The van der Waals surface area contributed by atoms with Crippen molar-refractivity contribution in [2.45, 2.75) is 19.9 Å². The third kappa shape index (κ3) is 1.69. The van der Waals surface area contributed by atoms with Crippen molar-refractivity contribution in [3.63, 3.8) is 0 Å². The van der Waals surface area contributed by atoms with Crippen LogP contribution in [0.3, 0.4) is 0 Å². The van der Waals surface area contributed by atoms with Gasteiger partial charge in [0, 0.05) is 11.7 Å². The minimum Gasteiger partial charge on any atom is -0.378 e. The predicted octanol–water partition coefficient (Wildman–Crippen LogP) is 3.74. The highest BCUT2D eigenvalue weighted by Crippen LogP contribution is 2.36. The number of allylic oxidation sites excluding steroid dienone is 2. The monoisotopic (exact) mass is 211 g/mol. The second-order valence-electron chi connectivity index (χ2n) is 4.23. The van der Waals surface area contributed by atoms with Crippen LogP contribution in [-0.4, -0.2) is 0 Å². The summed E-state index contributed by atoms with van der Waals surface area (Å²) < 4.78 is 0. The van der Waals surface area contributed by atoms with Crippen LogP contribution in [0.2, 0.25) is 0 Å². The van der Waals surface area contributed by atoms with Gasteiger partial charge in [-0.1, -0.05) is 43.5 Å². The predicted molar refractivity (Wildman–Crippen MR) is 69.0 cm³/mol. The lowest BCUT2D eigenvalue weighted by atomic mass is 9.85. The molecule has 1 atom stereocenters. The van der Waals surface area contributed by atoms with Crippen molar-refractivity contribution in [3.8, 4) is 0 Å². The van der Waals surface area contributed by atoms with Crippen LogP contribution < -0.4 is 5.32 Å². The van der Waals surface area contributed by atoms with Crippen molar-refractivity contribution in [2.24, 2.45) is 0 Å². The first kappa shape index (κ1) is 10.7. The van der Waals surface area contributed by atoms with E-state index in [1.54, 1.807) is 0 Å². The molecule has 0 amide bonds. The molecule has 1 aromatic carbocycles. The summed E-state index contributed by atoms with van der Waals surface area (Å²) in [6.07, 6.45) is 0. The van der Waals surface area contributed by atoms with Crippen LogP contribution in [-0.2, 0) is 0 Å². The van der Waals surface area contributed by atoms with Crippen LogP contribution >= 0.6 is 0 Å². The first-order valence-corrected chi connectivity index (χ1v) is 5.52. The van der Waals surface area contributed by atoms with Crippen LogP contribution in [0.15, 0.2) is 65.9 Å². The van der Waals surface area contributed by atoms with Crippen LogP contribution in [0.25, 0.3) is 0 Å². The zero-order chi connectivity index (χ0) is 11.7. The van der Waals surface area contributed by atoms with E-state index in [4.69, 9.17) is 0 Å². The lowest BCUT2D eigenvalue weighted by Crippen LogP contribution is -2.26. The minimum absolute atomic E-state index is 0.302. The number of rotatable bonds is 3. The summed E-state index contributed by atoms with van der Waals surface area (Å²) in [5, 5.41) is 3.48. The van der Waals surface area contributed by atoms with E-state index >= 15 is 0 Å². The molecule has 0 spiro atoms. The van der Waals surface area contributed by atoms with Gasteiger partial charge in [0.15, 0.2) is 0 Å². The fourth-order valence-electron chi connectivity index (χ4n) is 1.93. The van der Waals surface area contributed by atoms with E-state index < -0.39 is 0 Å². The van der Waals surface area contributed by atoms with E-state index in [1.165, 1.54) is 11.1 Å². The zero-order valence-electron chi connectivity index (χ0n) is 9.88. The van der Waals surface area contributed by atoms with Gasteiger partial charge in [0.05, 0.1) is 0 Å². The Morgan fingerprint density at radius 2 is 1.69 bits per heavy atom. The second-order valence-corrected chi connectivity index (χ2v) is 4.23. The molecule has 0 heterocycles. The SMILES string of the molecule is C=C1C(=C)C(N[C@H](C)c2ccccc2)=C1C. The molecule has 0 saturated carbocycles. The van der Waals surface area contributed by atoms with Crippen molar-refractivity contribution in [1.82, 2.24) is 5.32 Å². The van der Waals surface area contributed by atoms with E-state index in [-0.39, 0.29) is 0 Å². The van der Waals surface area contributed by atoms with Gasteiger partial charge in [0.1, 0.15) is 0 Å². The normalized spacial score (nSPS) is 17.1. The van der Waals surface area contributed by atoms with E-state index in [0.29, 0.717) is 6.04 Å². The first-order chi connectivity index (χ1) is 7.61. The first-order valence-electron chi connectivity index (χ1n) is 5.52. The largest absolute Gasteiger partial charge is 0.378 e. The molecule has 1 nitrogen and oxygen atoms in total. The molecule has 1 aliphatic rings. The molecule has 0 fully saturated rings. The molecule has 0 bridgehead atoms. The van der Waals surface area contributed by atoms with Crippen molar-refractivity contribution >= 4 is 0 Å². The number of nitrogens with one attached hydrogen (secondary N) is 1. The van der Waals surface area contributed by atoms with Gasteiger partial charge in [-0.2, -0.15) is 0 Å². The molecule has 0 saturated heterocycles. The van der Waals surface area contributed by atoms with Crippen LogP contribution in [0.1, 0.15) is 25.5 Å². The summed E-state index contributed by atoms with van der Waals surface area (Å²) in [5.41, 5.74) is 5.78. The Morgan fingerprint density at radius 3 is 2.25 bits per heavy atom. The summed E-state index contributed by atoms with van der Waals surface area (Å²) in [6.45, 7) is 12.2. The molecular weight excluding hydrogens is 194 g/mol. The smallest absolute Gasteiger partial charge is 0.0485 e. The standard InChI is InChI=1S/C15H17N/c1-10-11(2)15(12(10)3)16-13(4)14-8-6-5-7-9-14/h5-9,13,16H,1-2H2,3-4H3/t13-/m1/s1. The van der Waals surface area contributed by atoms with Gasteiger partial charge in [-0.05, 0) is 36.1 Å². The molecule has 0 unspecified atom stereocenters. The molecule has 2 rings (SSSR count). The Hall–Kier alpha value is -1.76. The Balaban J connectivity index is 2.13. The lowest BCUT2D eigenvalue weighted by molar-refractivity contribution is 0.647. The molecule has 1 aliphatic carbocycles. The Morgan fingerprint density at radius 1 is 1.06 bits per heavy atom. The fraction of sp³-hybridized carbons (Fsp3) is 0.200. The maximum atomic E-state index is 4.00. The second kappa shape index (κ2) is 4.01. The molecule has 0 aromatic heterocycles. The highest BCUT2D eigenvalue weighted by molar-refractivity contribution is 5.66. The summed E-state index contributed by atoms with van der Waals surface area (Å²) >= 11 is 0. The van der Waals surface area contributed by atoms with Crippen molar-refractivity contribution in [3.05, 3.63) is 71.5 Å². The molecular formula is C15H17N. The summed E-state index contributed by atoms with van der Waals surface area (Å²) in [5.74, 6) is 0. The average molecular weight is 211 g/mol. The molecule has 82 valence electrons. The van der Waals surface area contributed by atoms with E-state index in [0.717, 1.165) is 16.8 Å². The van der Waals surface area contributed by atoms with Crippen molar-refractivity contribution < 1.29 is 0 Å². The summed E-state index contributed by atoms with van der Waals surface area (Å²) in [7, 11) is 0. The molecule has 0 radical (unpaired) electrons. The molecule has 1 heteroatoms. The van der Waals surface area contributed by atoms with E-state index in [1.807, 2.05) is 6.07 Å². The van der Waals surface area contributed by atoms with Crippen molar-refractivity contribution in [2.75, 3.05) is 0 Å². The highest BCUT2D eigenvalue weighted by Gasteiger charge is 2.23. The average Bonchev–Trinajstić information content (AvgIpc) is 2.35. The zero-order valence-corrected chi connectivity index (χ0v) is 9.88. The van der Waals surface area contributed by atoms with Crippen LogP contribution in [0.5, 0.6) is 0 Å². The van der Waals surface area contributed by atoms with E-state index in [9.17, 15) is 0 Å². The fourth-order valence-corrected chi connectivity index (χ4v) is 1.93. The summed E-state index contributed by atoms with van der Waals surface area (Å²) in [4.78, 5) is 0. The van der Waals surface area contributed by atoms with Gasteiger partial charge in [0.2, 0.25) is 0 Å². The third-order valence-corrected chi connectivity index (χ3v) is 3.15. The minimum atomic E-state index is 0.302. The number of benzene rings is 1. The van der Waals surface area contributed by atoms with Gasteiger partial charge in [0.25, 0.3) is 0 Å². The van der Waals surface area contributed by atoms with Crippen LogP contribution in [0.4, 0.5) is 0 Å².